The molecule has 0 saturated carbocycles. The van der Waals surface area contributed by atoms with E-state index in [1.54, 1.807) is 31.4 Å². The predicted octanol–water partition coefficient (Wildman–Crippen LogP) is 2.05. The summed E-state index contributed by atoms with van der Waals surface area (Å²) in [5.41, 5.74) is 1.91. The van der Waals surface area contributed by atoms with E-state index in [4.69, 9.17) is 0 Å². The molecule has 0 unspecified atom stereocenters. The summed E-state index contributed by atoms with van der Waals surface area (Å²) >= 11 is 1.24. The summed E-state index contributed by atoms with van der Waals surface area (Å²) in [6, 6.07) is 4.82. The topological polar surface area (TPSA) is 79.3 Å². The normalized spacial score (nSPS) is 11.5. The number of hydrogen-bond acceptors (Lipinski definition) is 5. The highest BCUT2D eigenvalue weighted by Gasteiger charge is 2.19. The van der Waals surface area contributed by atoms with Crippen molar-refractivity contribution < 1.29 is 13.5 Å². The van der Waals surface area contributed by atoms with Gasteiger partial charge in [-0.1, -0.05) is 12.1 Å². The number of thiazole rings is 1. The molecule has 0 bridgehead atoms. The summed E-state index contributed by atoms with van der Waals surface area (Å²) in [7, 11) is -3.68. The third-order valence-electron chi connectivity index (χ3n) is 2.70. The number of sulfonamides is 1. The van der Waals surface area contributed by atoms with Crippen molar-refractivity contribution in [2.75, 3.05) is 4.72 Å². The number of hydrogen-bond donors (Lipinski definition) is 2. The third kappa shape index (κ3) is 2.94. The van der Waals surface area contributed by atoms with Gasteiger partial charge in [0, 0.05) is 5.38 Å². The Morgan fingerprint density at radius 1 is 1.37 bits per heavy atom. The summed E-state index contributed by atoms with van der Waals surface area (Å²) in [6.45, 7) is 3.28. The van der Waals surface area contributed by atoms with E-state index < -0.39 is 10.0 Å². The summed E-state index contributed by atoms with van der Waals surface area (Å²) in [5, 5.41) is 11.3. The fourth-order valence-electron chi connectivity index (χ4n) is 1.69. The van der Waals surface area contributed by atoms with Gasteiger partial charge in [-0.15, -0.1) is 11.3 Å². The van der Waals surface area contributed by atoms with Gasteiger partial charge in [0.15, 0.2) is 5.13 Å². The Labute approximate surface area is 116 Å². The highest BCUT2D eigenvalue weighted by molar-refractivity contribution is 7.93. The summed E-state index contributed by atoms with van der Waals surface area (Å²) in [6.07, 6.45) is 0. The van der Waals surface area contributed by atoms with Crippen molar-refractivity contribution in [3.8, 4) is 0 Å². The molecule has 0 saturated heterocycles. The monoisotopic (exact) mass is 298 g/mol. The van der Waals surface area contributed by atoms with Gasteiger partial charge < -0.3 is 5.11 Å². The summed E-state index contributed by atoms with van der Waals surface area (Å²) < 4.78 is 27.0. The number of rotatable bonds is 4. The van der Waals surface area contributed by atoms with E-state index >= 15 is 0 Å². The molecule has 0 radical (unpaired) electrons. The van der Waals surface area contributed by atoms with Crippen LogP contribution in [0.25, 0.3) is 0 Å². The minimum absolute atomic E-state index is 0.159. The van der Waals surface area contributed by atoms with E-state index in [9.17, 15) is 13.5 Å². The van der Waals surface area contributed by atoms with Crippen molar-refractivity contribution in [2.24, 2.45) is 0 Å². The number of aliphatic hydroxyl groups is 1. The zero-order valence-corrected chi connectivity index (χ0v) is 12.2. The molecule has 102 valence electrons. The van der Waals surface area contributed by atoms with Crippen LogP contribution in [0.1, 0.15) is 16.8 Å². The minimum atomic E-state index is -3.68. The highest BCUT2D eigenvalue weighted by atomic mass is 32.2. The summed E-state index contributed by atoms with van der Waals surface area (Å²) in [5.74, 6) is 0. The molecule has 0 aliphatic heterocycles. The number of aliphatic hydroxyl groups excluding tert-OH is 1. The number of benzene rings is 1. The highest BCUT2D eigenvalue weighted by Crippen LogP contribution is 2.23. The smallest absolute Gasteiger partial charge is 0.263 e. The van der Waals surface area contributed by atoms with Gasteiger partial charge in [0.1, 0.15) is 0 Å². The van der Waals surface area contributed by atoms with Crippen molar-refractivity contribution in [2.45, 2.75) is 25.3 Å². The Hall–Kier alpha value is -1.44. The van der Waals surface area contributed by atoms with E-state index in [-0.39, 0.29) is 11.5 Å². The lowest BCUT2D eigenvalue weighted by atomic mass is 10.1. The van der Waals surface area contributed by atoms with Gasteiger partial charge in [-0.05, 0) is 31.0 Å². The first-order valence-electron chi connectivity index (χ1n) is 5.58. The number of aryl methyl sites for hydroxylation is 1. The van der Waals surface area contributed by atoms with Crippen LogP contribution in [0.2, 0.25) is 0 Å². The number of nitrogens with zero attached hydrogens (tertiary/aromatic N) is 1. The second kappa shape index (κ2) is 5.28. The molecule has 1 heterocycles. The lowest BCUT2D eigenvalue weighted by Crippen LogP contribution is -2.15. The SMILES string of the molecule is Cc1csc(NS(=O)(=O)c2cccc(CO)c2C)n1. The number of aromatic nitrogens is 1. The molecule has 0 spiro atoms. The molecule has 7 heteroatoms. The average molecular weight is 298 g/mol. The largest absolute Gasteiger partial charge is 0.392 e. The van der Waals surface area contributed by atoms with E-state index in [1.807, 2.05) is 0 Å². The fourth-order valence-corrected chi connectivity index (χ4v) is 3.92. The Bertz CT molecular complexity index is 693. The maximum Gasteiger partial charge on any atom is 0.263 e. The van der Waals surface area contributed by atoms with Crippen molar-refractivity contribution in [1.29, 1.82) is 0 Å². The Balaban J connectivity index is 2.40. The van der Waals surface area contributed by atoms with Crippen molar-refractivity contribution in [3.63, 3.8) is 0 Å². The maximum absolute atomic E-state index is 12.3. The third-order valence-corrected chi connectivity index (χ3v) is 5.18. The lowest BCUT2D eigenvalue weighted by molar-refractivity contribution is 0.280. The van der Waals surface area contributed by atoms with Crippen LogP contribution in [0.5, 0.6) is 0 Å². The maximum atomic E-state index is 12.3. The second-order valence-corrected chi connectivity index (χ2v) is 6.61. The molecular formula is C12H14N2O3S2. The van der Waals surface area contributed by atoms with E-state index in [0.29, 0.717) is 16.3 Å². The molecule has 0 fully saturated rings. The van der Waals surface area contributed by atoms with Crippen molar-refractivity contribution >= 4 is 26.5 Å². The van der Waals surface area contributed by atoms with Gasteiger partial charge in [-0.3, -0.25) is 4.72 Å². The van der Waals surface area contributed by atoms with E-state index in [0.717, 1.165) is 5.69 Å². The molecule has 1 aromatic carbocycles. The minimum Gasteiger partial charge on any atom is -0.392 e. The van der Waals surface area contributed by atoms with Crippen molar-refractivity contribution in [3.05, 3.63) is 40.4 Å². The average Bonchev–Trinajstić information content (AvgIpc) is 2.74. The molecule has 0 aliphatic rings. The van der Waals surface area contributed by atoms with Crippen LogP contribution in [0.15, 0.2) is 28.5 Å². The lowest BCUT2D eigenvalue weighted by Gasteiger charge is -2.10. The number of anilines is 1. The van der Waals surface area contributed by atoms with E-state index in [2.05, 4.69) is 9.71 Å². The molecule has 2 N–H and O–H groups in total. The van der Waals surface area contributed by atoms with Gasteiger partial charge >= 0.3 is 0 Å². The Morgan fingerprint density at radius 3 is 2.68 bits per heavy atom. The Kier molecular flexibility index (Phi) is 3.88. The van der Waals surface area contributed by atoms with Crippen LogP contribution < -0.4 is 4.72 Å². The molecular weight excluding hydrogens is 284 g/mol. The van der Waals surface area contributed by atoms with Gasteiger partial charge in [-0.2, -0.15) is 0 Å². The molecule has 5 nitrogen and oxygen atoms in total. The molecule has 2 rings (SSSR count). The summed E-state index contributed by atoms with van der Waals surface area (Å²) in [4.78, 5) is 4.23. The number of nitrogens with one attached hydrogen (secondary N) is 1. The first-order chi connectivity index (χ1) is 8.94. The molecule has 0 atom stereocenters. The molecule has 0 amide bonds. The molecule has 1 aromatic heterocycles. The van der Waals surface area contributed by atoms with Crippen LogP contribution in [0.4, 0.5) is 5.13 Å². The van der Waals surface area contributed by atoms with Crippen LogP contribution in [0, 0.1) is 13.8 Å². The predicted molar refractivity (Wildman–Crippen MR) is 74.8 cm³/mol. The van der Waals surface area contributed by atoms with Gasteiger partial charge in [0.2, 0.25) is 0 Å². The molecule has 2 aromatic rings. The second-order valence-electron chi connectivity index (χ2n) is 4.10. The van der Waals surface area contributed by atoms with Crippen LogP contribution in [0.3, 0.4) is 0 Å². The van der Waals surface area contributed by atoms with Crippen LogP contribution in [-0.4, -0.2) is 18.5 Å². The fraction of sp³-hybridized carbons (Fsp3) is 0.250. The van der Waals surface area contributed by atoms with Crippen LogP contribution in [-0.2, 0) is 16.6 Å². The zero-order valence-electron chi connectivity index (χ0n) is 10.5. The van der Waals surface area contributed by atoms with Gasteiger partial charge in [0.05, 0.1) is 17.2 Å². The molecule has 0 aliphatic carbocycles. The van der Waals surface area contributed by atoms with E-state index in [1.165, 1.54) is 17.4 Å². The quantitative estimate of drug-likeness (QED) is 0.905. The van der Waals surface area contributed by atoms with Crippen molar-refractivity contribution in [1.82, 2.24) is 4.98 Å². The van der Waals surface area contributed by atoms with Gasteiger partial charge in [0.25, 0.3) is 10.0 Å². The molecule has 19 heavy (non-hydrogen) atoms. The van der Waals surface area contributed by atoms with Gasteiger partial charge in [-0.25, -0.2) is 13.4 Å². The Morgan fingerprint density at radius 2 is 2.11 bits per heavy atom. The standard InChI is InChI=1S/C12H14N2O3S2/c1-8-7-18-12(13-8)14-19(16,17)11-5-3-4-10(6-15)9(11)2/h3-5,7,15H,6H2,1-2H3,(H,13,14). The first kappa shape index (κ1) is 14.0. The van der Waals surface area contributed by atoms with Crippen LogP contribution >= 0.6 is 11.3 Å². The zero-order chi connectivity index (χ0) is 14.0. The first-order valence-corrected chi connectivity index (χ1v) is 7.94.